The van der Waals surface area contributed by atoms with Crippen LogP contribution in [0.1, 0.15) is 32.0 Å². The maximum atomic E-state index is 12.9. The summed E-state index contributed by atoms with van der Waals surface area (Å²) < 4.78 is 10.9. The molecule has 0 aliphatic rings. The molecule has 0 atom stereocenters. The Kier molecular flexibility index (Phi) is 7.70. The van der Waals surface area contributed by atoms with Crippen LogP contribution in [0.5, 0.6) is 11.5 Å². The van der Waals surface area contributed by atoms with Gasteiger partial charge in [0.2, 0.25) is 0 Å². The molecule has 2 amide bonds. The minimum absolute atomic E-state index is 0.286. The second-order valence-electron chi connectivity index (χ2n) is 7.66. The van der Waals surface area contributed by atoms with E-state index in [1.165, 1.54) is 0 Å². The Labute approximate surface area is 203 Å². The van der Waals surface area contributed by atoms with Crippen molar-refractivity contribution in [2.75, 3.05) is 12.4 Å². The largest absolute Gasteiger partial charge is 0.497 e. The minimum atomic E-state index is -0.311. The van der Waals surface area contributed by atoms with E-state index in [0.29, 0.717) is 35.7 Å². The summed E-state index contributed by atoms with van der Waals surface area (Å²) >= 11 is 0. The van der Waals surface area contributed by atoms with Gasteiger partial charge >= 0.3 is 0 Å². The standard InChI is InChI=1S/C28H25N3O4/c1-34-23-15-11-21(12-16-23)27(32)31-26-8-3-2-7-25(26)28(33)30-18-20-9-13-24(14-10-20)35-19-22-6-4-5-17-29-22/h2-17H,18-19H2,1H3,(H,30,33)(H,31,32). The minimum Gasteiger partial charge on any atom is -0.497 e. The molecular weight excluding hydrogens is 442 g/mol. The molecule has 0 saturated carbocycles. The van der Waals surface area contributed by atoms with Crippen molar-refractivity contribution in [3.8, 4) is 11.5 Å². The summed E-state index contributed by atoms with van der Waals surface area (Å²) in [6, 6.07) is 26.8. The van der Waals surface area contributed by atoms with Gasteiger partial charge in [0.25, 0.3) is 11.8 Å². The molecule has 7 heteroatoms. The van der Waals surface area contributed by atoms with E-state index in [1.807, 2.05) is 42.5 Å². The van der Waals surface area contributed by atoms with Gasteiger partial charge in [-0.2, -0.15) is 0 Å². The van der Waals surface area contributed by atoms with Crippen molar-refractivity contribution in [1.82, 2.24) is 10.3 Å². The predicted octanol–water partition coefficient (Wildman–Crippen LogP) is 4.85. The molecule has 0 aliphatic carbocycles. The van der Waals surface area contributed by atoms with Crippen LogP contribution in [0.2, 0.25) is 0 Å². The van der Waals surface area contributed by atoms with Gasteiger partial charge < -0.3 is 20.1 Å². The van der Waals surface area contributed by atoms with E-state index in [4.69, 9.17) is 9.47 Å². The molecule has 176 valence electrons. The lowest BCUT2D eigenvalue weighted by molar-refractivity contribution is 0.0952. The SMILES string of the molecule is COc1ccc(C(=O)Nc2ccccc2C(=O)NCc2ccc(OCc3ccccn3)cc2)cc1. The highest BCUT2D eigenvalue weighted by atomic mass is 16.5. The molecule has 4 rings (SSSR count). The number of amides is 2. The number of hydrogen-bond donors (Lipinski definition) is 2. The van der Waals surface area contributed by atoms with E-state index in [2.05, 4.69) is 15.6 Å². The Balaban J connectivity index is 1.34. The lowest BCUT2D eigenvalue weighted by atomic mass is 10.1. The maximum absolute atomic E-state index is 12.9. The number of carbonyl (C=O) groups excluding carboxylic acids is 2. The van der Waals surface area contributed by atoms with Gasteiger partial charge in [0.05, 0.1) is 24.1 Å². The van der Waals surface area contributed by atoms with E-state index >= 15 is 0 Å². The fourth-order valence-corrected chi connectivity index (χ4v) is 3.35. The zero-order valence-corrected chi connectivity index (χ0v) is 19.2. The van der Waals surface area contributed by atoms with Crippen LogP contribution in [0.15, 0.2) is 97.2 Å². The molecule has 0 spiro atoms. The van der Waals surface area contributed by atoms with Crippen molar-refractivity contribution >= 4 is 17.5 Å². The normalized spacial score (nSPS) is 10.3. The van der Waals surface area contributed by atoms with Crippen LogP contribution in [0.3, 0.4) is 0 Å². The Bertz CT molecular complexity index is 1270. The highest BCUT2D eigenvalue weighted by molar-refractivity contribution is 6.09. The third-order valence-electron chi connectivity index (χ3n) is 5.26. The lowest BCUT2D eigenvalue weighted by Crippen LogP contribution is -2.24. The van der Waals surface area contributed by atoms with Crippen molar-refractivity contribution in [1.29, 1.82) is 0 Å². The highest BCUT2D eigenvalue weighted by Crippen LogP contribution is 2.19. The summed E-state index contributed by atoms with van der Waals surface area (Å²) in [7, 11) is 1.57. The Morgan fingerprint density at radius 2 is 1.51 bits per heavy atom. The molecular formula is C28H25N3O4. The maximum Gasteiger partial charge on any atom is 0.255 e. The van der Waals surface area contributed by atoms with E-state index in [9.17, 15) is 9.59 Å². The van der Waals surface area contributed by atoms with Crippen molar-refractivity contribution in [2.45, 2.75) is 13.2 Å². The second kappa shape index (κ2) is 11.5. The van der Waals surface area contributed by atoms with Gasteiger partial charge in [0.15, 0.2) is 0 Å². The Morgan fingerprint density at radius 1 is 0.800 bits per heavy atom. The predicted molar refractivity (Wildman–Crippen MR) is 134 cm³/mol. The van der Waals surface area contributed by atoms with Crippen LogP contribution in [-0.2, 0) is 13.2 Å². The summed E-state index contributed by atoms with van der Waals surface area (Å²) in [5, 5.41) is 5.72. The first-order valence-electron chi connectivity index (χ1n) is 11.1. The number of aromatic nitrogens is 1. The van der Waals surface area contributed by atoms with E-state index in [-0.39, 0.29) is 11.8 Å². The first-order chi connectivity index (χ1) is 17.1. The molecule has 35 heavy (non-hydrogen) atoms. The summed E-state index contributed by atoms with van der Waals surface area (Å²) in [4.78, 5) is 29.7. The van der Waals surface area contributed by atoms with Gasteiger partial charge in [-0.05, 0) is 66.2 Å². The number of anilines is 1. The number of para-hydroxylation sites is 1. The summed E-state index contributed by atoms with van der Waals surface area (Å²) in [5.74, 6) is 0.784. The fourth-order valence-electron chi connectivity index (χ4n) is 3.35. The smallest absolute Gasteiger partial charge is 0.255 e. The van der Waals surface area contributed by atoms with Crippen LogP contribution in [0, 0.1) is 0 Å². The summed E-state index contributed by atoms with van der Waals surface area (Å²) in [5.41, 5.74) is 3.05. The molecule has 0 unspecified atom stereocenters. The first kappa shape index (κ1) is 23.5. The van der Waals surface area contributed by atoms with E-state index in [0.717, 1.165) is 17.0 Å². The third-order valence-corrected chi connectivity index (χ3v) is 5.26. The fraction of sp³-hybridized carbons (Fsp3) is 0.107. The average Bonchev–Trinajstić information content (AvgIpc) is 2.92. The van der Waals surface area contributed by atoms with Crippen LogP contribution in [0.25, 0.3) is 0 Å². The number of rotatable bonds is 9. The molecule has 1 heterocycles. The van der Waals surface area contributed by atoms with Gasteiger partial charge in [0.1, 0.15) is 18.1 Å². The number of methoxy groups -OCH3 is 1. The number of pyridine rings is 1. The molecule has 7 nitrogen and oxygen atoms in total. The number of carbonyl (C=O) groups is 2. The second-order valence-corrected chi connectivity index (χ2v) is 7.66. The number of hydrogen-bond acceptors (Lipinski definition) is 5. The zero-order chi connectivity index (χ0) is 24.5. The quantitative estimate of drug-likeness (QED) is 0.367. The first-order valence-corrected chi connectivity index (χ1v) is 11.1. The molecule has 4 aromatic rings. The monoisotopic (exact) mass is 467 g/mol. The Hall–Kier alpha value is -4.65. The molecule has 0 saturated heterocycles. The number of benzene rings is 3. The average molecular weight is 468 g/mol. The van der Waals surface area contributed by atoms with Crippen LogP contribution >= 0.6 is 0 Å². The number of nitrogens with one attached hydrogen (secondary N) is 2. The van der Waals surface area contributed by atoms with Crippen molar-refractivity contribution in [2.24, 2.45) is 0 Å². The molecule has 3 aromatic carbocycles. The lowest BCUT2D eigenvalue weighted by Gasteiger charge is -2.12. The van der Waals surface area contributed by atoms with Gasteiger partial charge in [-0.15, -0.1) is 0 Å². The molecule has 0 bridgehead atoms. The van der Waals surface area contributed by atoms with Crippen LogP contribution in [0.4, 0.5) is 5.69 Å². The van der Waals surface area contributed by atoms with Crippen LogP contribution in [-0.4, -0.2) is 23.9 Å². The topological polar surface area (TPSA) is 89.5 Å². The van der Waals surface area contributed by atoms with Gasteiger partial charge in [-0.1, -0.05) is 30.3 Å². The van der Waals surface area contributed by atoms with Gasteiger partial charge in [-0.25, -0.2) is 0 Å². The highest BCUT2D eigenvalue weighted by Gasteiger charge is 2.14. The van der Waals surface area contributed by atoms with E-state index in [1.54, 1.807) is 61.8 Å². The molecule has 2 N–H and O–H groups in total. The zero-order valence-electron chi connectivity index (χ0n) is 19.2. The van der Waals surface area contributed by atoms with Crippen LogP contribution < -0.4 is 20.1 Å². The van der Waals surface area contributed by atoms with Gasteiger partial charge in [0, 0.05) is 18.3 Å². The molecule has 0 fully saturated rings. The number of ether oxygens (including phenoxy) is 2. The summed E-state index contributed by atoms with van der Waals surface area (Å²) in [6.45, 7) is 0.718. The summed E-state index contributed by atoms with van der Waals surface area (Å²) in [6.07, 6.45) is 1.73. The van der Waals surface area contributed by atoms with Crippen molar-refractivity contribution in [3.63, 3.8) is 0 Å². The van der Waals surface area contributed by atoms with Gasteiger partial charge in [-0.3, -0.25) is 14.6 Å². The van der Waals surface area contributed by atoms with E-state index < -0.39 is 0 Å². The Morgan fingerprint density at radius 3 is 2.23 bits per heavy atom. The molecule has 0 radical (unpaired) electrons. The third kappa shape index (κ3) is 6.45. The molecule has 0 aliphatic heterocycles. The van der Waals surface area contributed by atoms with Crippen molar-refractivity contribution in [3.05, 3.63) is 120 Å². The molecule has 1 aromatic heterocycles. The van der Waals surface area contributed by atoms with Crippen molar-refractivity contribution < 1.29 is 19.1 Å². The number of nitrogens with zero attached hydrogens (tertiary/aromatic N) is 1.